The normalized spacial score (nSPS) is 12.9. The third-order valence-electron chi connectivity index (χ3n) is 1.81. The predicted molar refractivity (Wildman–Crippen MR) is 57.2 cm³/mol. The van der Waals surface area contributed by atoms with Crippen molar-refractivity contribution in [3.63, 3.8) is 0 Å². The van der Waals surface area contributed by atoms with Crippen LogP contribution < -0.4 is 10.6 Å². The first-order chi connectivity index (χ1) is 6.57. The lowest BCUT2D eigenvalue weighted by Gasteiger charge is -2.12. The first-order valence-corrected chi connectivity index (χ1v) is 5.11. The number of carbonyl (C=O) groups excluding carboxylic acids is 1. The molecule has 0 radical (unpaired) electrons. The van der Waals surface area contributed by atoms with Crippen molar-refractivity contribution in [2.75, 3.05) is 26.7 Å². The van der Waals surface area contributed by atoms with Crippen LogP contribution in [0.4, 0.5) is 0 Å². The predicted octanol–water partition coefficient (Wildman–Crippen LogP) is 0.383. The van der Waals surface area contributed by atoms with Crippen LogP contribution in [0.2, 0.25) is 0 Å². The number of hydrogen-bond acceptors (Lipinski definition) is 3. The van der Waals surface area contributed by atoms with Gasteiger partial charge >= 0.3 is 0 Å². The summed E-state index contributed by atoms with van der Waals surface area (Å²) in [6.07, 6.45) is 0.224. The van der Waals surface area contributed by atoms with Crippen LogP contribution in [0.25, 0.3) is 0 Å². The molecule has 4 nitrogen and oxygen atoms in total. The van der Waals surface area contributed by atoms with Gasteiger partial charge in [0.2, 0.25) is 5.91 Å². The summed E-state index contributed by atoms with van der Waals surface area (Å²) in [6, 6.07) is 0. The Kier molecular flexibility index (Phi) is 7.42. The largest absolute Gasteiger partial charge is 0.377 e. The second-order valence-corrected chi connectivity index (χ2v) is 3.67. The summed E-state index contributed by atoms with van der Waals surface area (Å²) in [6.45, 7) is 7.73. The van der Waals surface area contributed by atoms with E-state index in [1.54, 1.807) is 0 Å². The van der Waals surface area contributed by atoms with Crippen molar-refractivity contribution < 1.29 is 9.53 Å². The molecule has 0 aliphatic heterocycles. The van der Waals surface area contributed by atoms with E-state index in [-0.39, 0.29) is 17.9 Å². The zero-order valence-electron chi connectivity index (χ0n) is 9.59. The average Bonchev–Trinajstić information content (AvgIpc) is 2.12. The minimum atomic E-state index is 0.0130. The molecule has 1 atom stereocenters. The molecule has 0 rings (SSSR count). The van der Waals surface area contributed by atoms with Gasteiger partial charge in [-0.05, 0) is 20.9 Å². The standard InChI is InChI=1S/C10H22N2O2/c1-8(2)14-6-5-12-10(13)9(3)7-11-4/h8-9,11H,5-7H2,1-4H3,(H,12,13). The van der Waals surface area contributed by atoms with Crippen molar-refractivity contribution in [2.24, 2.45) is 5.92 Å². The molecule has 1 unspecified atom stereocenters. The quantitative estimate of drug-likeness (QED) is 0.587. The van der Waals surface area contributed by atoms with E-state index in [2.05, 4.69) is 10.6 Å². The molecule has 0 saturated carbocycles. The van der Waals surface area contributed by atoms with Crippen LogP contribution in [0.3, 0.4) is 0 Å². The summed E-state index contributed by atoms with van der Waals surface area (Å²) in [5.41, 5.74) is 0. The monoisotopic (exact) mass is 202 g/mol. The highest BCUT2D eigenvalue weighted by Crippen LogP contribution is 1.91. The van der Waals surface area contributed by atoms with Crippen LogP contribution >= 0.6 is 0 Å². The van der Waals surface area contributed by atoms with Crippen molar-refractivity contribution in [1.29, 1.82) is 0 Å². The van der Waals surface area contributed by atoms with Gasteiger partial charge in [-0.3, -0.25) is 4.79 Å². The van der Waals surface area contributed by atoms with E-state index in [0.717, 1.165) is 0 Å². The number of rotatable bonds is 7. The van der Waals surface area contributed by atoms with Crippen LogP contribution in [-0.2, 0) is 9.53 Å². The Morgan fingerprint density at radius 3 is 2.50 bits per heavy atom. The molecule has 2 N–H and O–H groups in total. The Morgan fingerprint density at radius 1 is 1.36 bits per heavy atom. The van der Waals surface area contributed by atoms with Crippen molar-refractivity contribution in [3.8, 4) is 0 Å². The second kappa shape index (κ2) is 7.76. The maximum Gasteiger partial charge on any atom is 0.224 e. The van der Waals surface area contributed by atoms with Crippen molar-refractivity contribution >= 4 is 5.91 Å². The molecule has 4 heteroatoms. The molecule has 0 spiro atoms. The van der Waals surface area contributed by atoms with Gasteiger partial charge in [0.05, 0.1) is 12.7 Å². The fraction of sp³-hybridized carbons (Fsp3) is 0.900. The van der Waals surface area contributed by atoms with E-state index < -0.39 is 0 Å². The van der Waals surface area contributed by atoms with E-state index >= 15 is 0 Å². The Balaban J connectivity index is 3.44. The highest BCUT2D eigenvalue weighted by Gasteiger charge is 2.10. The van der Waals surface area contributed by atoms with Crippen molar-refractivity contribution in [3.05, 3.63) is 0 Å². The minimum absolute atomic E-state index is 0.0130. The van der Waals surface area contributed by atoms with Gasteiger partial charge in [0.25, 0.3) is 0 Å². The average molecular weight is 202 g/mol. The van der Waals surface area contributed by atoms with Crippen LogP contribution in [-0.4, -0.2) is 38.8 Å². The lowest BCUT2D eigenvalue weighted by Crippen LogP contribution is -2.36. The second-order valence-electron chi connectivity index (χ2n) is 3.67. The van der Waals surface area contributed by atoms with Gasteiger partial charge < -0.3 is 15.4 Å². The van der Waals surface area contributed by atoms with Gasteiger partial charge in [0.1, 0.15) is 0 Å². The Hall–Kier alpha value is -0.610. The topological polar surface area (TPSA) is 50.4 Å². The summed E-state index contributed by atoms with van der Waals surface area (Å²) in [5, 5.41) is 5.78. The zero-order valence-corrected chi connectivity index (χ0v) is 9.59. The molecular formula is C10H22N2O2. The summed E-state index contributed by atoms with van der Waals surface area (Å²) in [7, 11) is 1.84. The van der Waals surface area contributed by atoms with Crippen molar-refractivity contribution in [2.45, 2.75) is 26.9 Å². The maximum absolute atomic E-state index is 11.4. The molecule has 0 saturated heterocycles. The SMILES string of the molecule is CNCC(C)C(=O)NCCOC(C)C. The van der Waals surface area contributed by atoms with Gasteiger partial charge in [-0.1, -0.05) is 6.92 Å². The molecule has 84 valence electrons. The summed E-state index contributed by atoms with van der Waals surface area (Å²) in [5.74, 6) is 0.0887. The lowest BCUT2D eigenvalue weighted by atomic mass is 10.1. The van der Waals surface area contributed by atoms with Gasteiger partial charge in [0, 0.05) is 19.0 Å². The molecule has 0 aromatic heterocycles. The van der Waals surface area contributed by atoms with Gasteiger partial charge in [-0.25, -0.2) is 0 Å². The molecule has 0 heterocycles. The highest BCUT2D eigenvalue weighted by molar-refractivity contribution is 5.78. The molecule has 0 aliphatic rings. The molecule has 0 fully saturated rings. The first kappa shape index (κ1) is 13.4. The van der Waals surface area contributed by atoms with Crippen LogP contribution in [0.15, 0.2) is 0 Å². The smallest absolute Gasteiger partial charge is 0.224 e. The number of nitrogens with one attached hydrogen (secondary N) is 2. The van der Waals surface area contributed by atoms with E-state index in [1.165, 1.54) is 0 Å². The maximum atomic E-state index is 11.4. The van der Waals surface area contributed by atoms with E-state index in [4.69, 9.17) is 4.74 Å². The third kappa shape index (κ3) is 6.86. The molecule has 0 aromatic carbocycles. The molecule has 14 heavy (non-hydrogen) atoms. The zero-order chi connectivity index (χ0) is 11.0. The van der Waals surface area contributed by atoms with Gasteiger partial charge in [-0.15, -0.1) is 0 Å². The van der Waals surface area contributed by atoms with Gasteiger partial charge in [0.15, 0.2) is 0 Å². The molecule has 0 bridgehead atoms. The first-order valence-electron chi connectivity index (χ1n) is 5.11. The Labute approximate surface area is 86.4 Å². The van der Waals surface area contributed by atoms with E-state index in [1.807, 2.05) is 27.8 Å². The number of carbonyl (C=O) groups is 1. The summed E-state index contributed by atoms with van der Waals surface area (Å²) >= 11 is 0. The lowest BCUT2D eigenvalue weighted by molar-refractivity contribution is -0.124. The molecule has 1 amide bonds. The minimum Gasteiger partial charge on any atom is -0.377 e. The number of amides is 1. The van der Waals surface area contributed by atoms with Crippen LogP contribution in [0.5, 0.6) is 0 Å². The third-order valence-corrected chi connectivity index (χ3v) is 1.81. The fourth-order valence-corrected chi connectivity index (χ4v) is 1.04. The number of hydrogen-bond donors (Lipinski definition) is 2. The molecular weight excluding hydrogens is 180 g/mol. The Bertz CT molecular complexity index is 160. The molecule has 0 aliphatic carbocycles. The summed E-state index contributed by atoms with van der Waals surface area (Å²) in [4.78, 5) is 11.4. The number of ether oxygens (including phenoxy) is 1. The fourth-order valence-electron chi connectivity index (χ4n) is 1.04. The van der Waals surface area contributed by atoms with E-state index in [0.29, 0.717) is 19.7 Å². The highest BCUT2D eigenvalue weighted by atomic mass is 16.5. The molecule has 0 aromatic rings. The van der Waals surface area contributed by atoms with Crippen LogP contribution in [0, 0.1) is 5.92 Å². The van der Waals surface area contributed by atoms with E-state index in [9.17, 15) is 4.79 Å². The van der Waals surface area contributed by atoms with Gasteiger partial charge in [-0.2, -0.15) is 0 Å². The van der Waals surface area contributed by atoms with Crippen molar-refractivity contribution in [1.82, 2.24) is 10.6 Å². The van der Waals surface area contributed by atoms with Crippen LogP contribution in [0.1, 0.15) is 20.8 Å². The summed E-state index contributed by atoms with van der Waals surface area (Å²) < 4.78 is 5.30. The Morgan fingerprint density at radius 2 is 2.00 bits per heavy atom.